The molecule has 0 saturated heterocycles. The molecule has 2 heterocycles. The van der Waals surface area contributed by atoms with E-state index in [0.29, 0.717) is 9.65 Å². The quantitative estimate of drug-likeness (QED) is 0.716. The summed E-state index contributed by atoms with van der Waals surface area (Å²) in [5, 5.41) is 4.11. The molecule has 2 aromatic heterocycles. The number of nitrogen functional groups attached to an aromatic ring is 1. The van der Waals surface area contributed by atoms with Crippen LogP contribution in [0.2, 0.25) is 0 Å². The van der Waals surface area contributed by atoms with Gasteiger partial charge in [0.2, 0.25) is 3.83 Å². The summed E-state index contributed by atoms with van der Waals surface area (Å²) in [6.45, 7) is 0. The van der Waals surface area contributed by atoms with E-state index in [4.69, 9.17) is 5.73 Å². The van der Waals surface area contributed by atoms with Gasteiger partial charge in [0.1, 0.15) is 5.52 Å². The third-order valence-electron chi connectivity index (χ3n) is 1.39. The van der Waals surface area contributed by atoms with Crippen molar-refractivity contribution in [1.82, 2.24) is 14.6 Å². The molecule has 4 nitrogen and oxygen atoms in total. The molecular weight excluding hydrogens is 255 g/mol. The summed E-state index contributed by atoms with van der Waals surface area (Å²) in [5.41, 5.74) is 6.48. The summed E-state index contributed by atoms with van der Waals surface area (Å²) in [5.74, 6) is 0.523. The third kappa shape index (κ3) is 1.05. The summed E-state index contributed by atoms with van der Waals surface area (Å²) < 4.78 is 2.37. The van der Waals surface area contributed by atoms with Crippen molar-refractivity contribution in [2.45, 2.75) is 0 Å². The first-order chi connectivity index (χ1) is 5.27. The van der Waals surface area contributed by atoms with Gasteiger partial charge >= 0.3 is 0 Å². The number of hydrogen-bond acceptors (Lipinski definition) is 3. The number of rotatable bonds is 0. The number of anilines is 1. The second kappa shape index (κ2) is 2.33. The topological polar surface area (TPSA) is 56.2 Å². The van der Waals surface area contributed by atoms with E-state index in [0.717, 1.165) is 5.52 Å². The first kappa shape index (κ1) is 6.84. The minimum absolute atomic E-state index is 0.523. The molecule has 0 amide bonds. The molecule has 0 aromatic carbocycles. The Balaban J connectivity index is 2.91. The fraction of sp³-hybridized carbons (Fsp3) is 0. The second-order valence-electron chi connectivity index (χ2n) is 2.10. The molecule has 0 spiro atoms. The summed E-state index contributed by atoms with van der Waals surface area (Å²) in [6, 6.07) is 3.77. The van der Waals surface area contributed by atoms with Crippen molar-refractivity contribution >= 4 is 33.9 Å². The largest absolute Gasteiger partial charge is 0.382 e. The standard InChI is InChI=1S/C6H5IN4/c7-6-9-5(8)4-2-1-3-11(4)10-6/h1-3H,(H2,8,9,10). The summed E-state index contributed by atoms with van der Waals surface area (Å²) in [7, 11) is 0. The average Bonchev–Trinajstić information content (AvgIpc) is 2.34. The monoisotopic (exact) mass is 260 g/mol. The van der Waals surface area contributed by atoms with Gasteiger partial charge in [-0.25, -0.2) is 9.50 Å². The van der Waals surface area contributed by atoms with Crippen LogP contribution in [0.15, 0.2) is 18.3 Å². The van der Waals surface area contributed by atoms with Gasteiger partial charge in [-0.2, -0.15) is 0 Å². The average molecular weight is 260 g/mol. The lowest BCUT2D eigenvalue weighted by molar-refractivity contribution is 0.878. The first-order valence-electron chi connectivity index (χ1n) is 3.04. The van der Waals surface area contributed by atoms with Crippen molar-refractivity contribution in [3.05, 3.63) is 22.2 Å². The number of nitrogens with zero attached hydrogens (tertiary/aromatic N) is 3. The molecule has 0 radical (unpaired) electrons. The maximum absolute atomic E-state index is 5.62. The molecule has 0 bridgehead atoms. The maximum Gasteiger partial charge on any atom is 0.212 e. The highest BCUT2D eigenvalue weighted by Crippen LogP contribution is 2.10. The van der Waals surface area contributed by atoms with E-state index in [2.05, 4.69) is 10.1 Å². The van der Waals surface area contributed by atoms with Gasteiger partial charge in [0, 0.05) is 28.8 Å². The first-order valence-corrected chi connectivity index (χ1v) is 4.11. The van der Waals surface area contributed by atoms with E-state index < -0.39 is 0 Å². The third-order valence-corrected chi connectivity index (χ3v) is 1.85. The van der Waals surface area contributed by atoms with Gasteiger partial charge in [0.25, 0.3) is 0 Å². The van der Waals surface area contributed by atoms with E-state index in [9.17, 15) is 0 Å². The number of aromatic nitrogens is 3. The summed E-state index contributed by atoms with van der Waals surface area (Å²) in [4.78, 5) is 4.01. The minimum atomic E-state index is 0.523. The van der Waals surface area contributed by atoms with Crippen LogP contribution in [0.4, 0.5) is 5.82 Å². The molecule has 11 heavy (non-hydrogen) atoms. The Morgan fingerprint density at radius 1 is 1.55 bits per heavy atom. The molecule has 0 aliphatic heterocycles. The second-order valence-corrected chi connectivity index (χ2v) is 3.07. The van der Waals surface area contributed by atoms with Crippen molar-refractivity contribution in [3.63, 3.8) is 0 Å². The maximum atomic E-state index is 5.62. The van der Waals surface area contributed by atoms with E-state index in [1.165, 1.54) is 0 Å². The highest BCUT2D eigenvalue weighted by atomic mass is 127. The molecule has 0 fully saturated rings. The molecule has 0 saturated carbocycles. The van der Waals surface area contributed by atoms with Crippen molar-refractivity contribution in [2.24, 2.45) is 0 Å². The molecule has 0 unspecified atom stereocenters. The Morgan fingerprint density at radius 3 is 3.18 bits per heavy atom. The normalized spacial score (nSPS) is 10.6. The van der Waals surface area contributed by atoms with Crippen LogP contribution in [0.3, 0.4) is 0 Å². The Kier molecular flexibility index (Phi) is 1.45. The highest BCUT2D eigenvalue weighted by Gasteiger charge is 2.00. The zero-order valence-electron chi connectivity index (χ0n) is 5.53. The molecule has 0 aliphatic carbocycles. The predicted octanol–water partition coefficient (Wildman–Crippen LogP) is 0.916. The fourth-order valence-electron chi connectivity index (χ4n) is 0.930. The molecule has 2 rings (SSSR count). The van der Waals surface area contributed by atoms with E-state index in [1.807, 2.05) is 40.9 Å². The van der Waals surface area contributed by atoms with Gasteiger partial charge in [0.15, 0.2) is 5.82 Å². The lowest BCUT2D eigenvalue weighted by atomic mass is 10.5. The molecule has 0 aliphatic rings. The van der Waals surface area contributed by atoms with Crippen LogP contribution in [0, 0.1) is 3.83 Å². The smallest absolute Gasteiger partial charge is 0.212 e. The lowest BCUT2D eigenvalue weighted by Gasteiger charge is -1.96. The highest BCUT2D eigenvalue weighted by molar-refractivity contribution is 14.1. The van der Waals surface area contributed by atoms with Crippen molar-refractivity contribution in [3.8, 4) is 0 Å². The predicted molar refractivity (Wildman–Crippen MR) is 50.1 cm³/mol. The van der Waals surface area contributed by atoms with Crippen molar-refractivity contribution < 1.29 is 0 Å². The number of halogens is 1. The van der Waals surface area contributed by atoms with Gasteiger partial charge in [0.05, 0.1) is 0 Å². The van der Waals surface area contributed by atoms with Crippen LogP contribution in [-0.4, -0.2) is 14.6 Å². The van der Waals surface area contributed by atoms with Crippen molar-refractivity contribution in [1.29, 1.82) is 0 Å². The molecule has 2 N–H and O–H groups in total. The van der Waals surface area contributed by atoms with Crippen LogP contribution >= 0.6 is 22.6 Å². The van der Waals surface area contributed by atoms with Crippen LogP contribution in [0.1, 0.15) is 0 Å². The molecular formula is C6H5IN4. The van der Waals surface area contributed by atoms with Gasteiger partial charge < -0.3 is 5.73 Å². The van der Waals surface area contributed by atoms with E-state index >= 15 is 0 Å². The molecule has 2 aromatic rings. The number of fused-ring (bicyclic) bond motifs is 1. The zero-order valence-corrected chi connectivity index (χ0v) is 7.69. The van der Waals surface area contributed by atoms with Gasteiger partial charge in [-0.1, -0.05) is 0 Å². The summed E-state index contributed by atoms with van der Waals surface area (Å²) in [6.07, 6.45) is 1.84. The zero-order chi connectivity index (χ0) is 7.84. The van der Waals surface area contributed by atoms with Gasteiger partial charge in [-0.3, -0.25) is 0 Å². The lowest BCUT2D eigenvalue weighted by Crippen LogP contribution is -2.01. The van der Waals surface area contributed by atoms with Gasteiger partial charge in [-0.05, 0) is 12.1 Å². The molecule has 5 heteroatoms. The van der Waals surface area contributed by atoms with E-state index in [-0.39, 0.29) is 0 Å². The Hall–Kier alpha value is -0.850. The minimum Gasteiger partial charge on any atom is -0.382 e. The molecule has 56 valence electrons. The molecule has 0 atom stereocenters. The Bertz CT molecular complexity index is 394. The van der Waals surface area contributed by atoms with Gasteiger partial charge in [-0.15, -0.1) is 5.10 Å². The van der Waals surface area contributed by atoms with Crippen molar-refractivity contribution in [2.75, 3.05) is 5.73 Å². The van der Waals surface area contributed by atoms with Crippen LogP contribution < -0.4 is 5.73 Å². The summed E-state index contributed by atoms with van der Waals surface area (Å²) >= 11 is 2.03. The SMILES string of the molecule is Nc1nc(I)nn2cccc12. The fourth-order valence-corrected chi connectivity index (χ4v) is 1.42. The Labute approximate surface area is 76.6 Å². The van der Waals surface area contributed by atoms with E-state index in [1.54, 1.807) is 4.52 Å². The number of nitrogens with two attached hydrogens (primary N) is 1. The number of hydrogen-bond donors (Lipinski definition) is 1. The van der Waals surface area contributed by atoms with Crippen LogP contribution in [0.25, 0.3) is 5.52 Å². The Morgan fingerprint density at radius 2 is 2.36 bits per heavy atom. The van der Waals surface area contributed by atoms with Crippen LogP contribution in [-0.2, 0) is 0 Å². The van der Waals surface area contributed by atoms with Crippen LogP contribution in [0.5, 0.6) is 0 Å².